The number of ketones is 1. The predicted octanol–water partition coefficient (Wildman–Crippen LogP) is 0.858. The van der Waals surface area contributed by atoms with E-state index in [1.165, 1.54) is 13.2 Å². The summed E-state index contributed by atoms with van der Waals surface area (Å²) in [4.78, 5) is 11.2. The molecular weight excluding hydrogens is 136 g/mol. The van der Waals surface area contributed by atoms with E-state index >= 15 is 0 Å². The molecule has 0 fully saturated rings. The minimum atomic E-state index is -0.486. The first-order valence-electron chi connectivity index (χ1n) is 2.58. The van der Waals surface area contributed by atoms with Crippen LogP contribution in [0.3, 0.4) is 0 Å². The fourth-order valence-electron chi connectivity index (χ4n) is 0.636. The zero-order chi connectivity index (χ0) is 6.85. The number of thiocarbonyl (C=S) groups is 1. The monoisotopic (exact) mass is 142 g/mol. The number of hydrogen-bond acceptors (Lipinski definition) is 3. The Morgan fingerprint density at radius 1 is 1.89 bits per heavy atom. The third kappa shape index (κ3) is 1.16. The van der Waals surface area contributed by atoms with Crippen molar-refractivity contribution >= 4 is 22.9 Å². The molecule has 1 heterocycles. The topological polar surface area (TPSA) is 26.3 Å². The minimum absolute atomic E-state index is 0.0370. The fourth-order valence-corrected chi connectivity index (χ4v) is 0.913. The molecule has 1 aliphatic heterocycles. The van der Waals surface area contributed by atoms with Crippen molar-refractivity contribution in [3.05, 3.63) is 12.3 Å². The van der Waals surface area contributed by atoms with Crippen molar-refractivity contribution in [1.82, 2.24) is 0 Å². The van der Waals surface area contributed by atoms with Crippen LogP contribution in [0.15, 0.2) is 12.3 Å². The zero-order valence-electron chi connectivity index (χ0n) is 4.96. The summed E-state index contributed by atoms with van der Waals surface area (Å²) < 4.78 is 4.86. The molecule has 0 saturated carbocycles. The van der Waals surface area contributed by atoms with Crippen LogP contribution in [0.1, 0.15) is 6.92 Å². The molecule has 0 aromatic heterocycles. The molecule has 0 N–H and O–H groups in total. The first-order chi connectivity index (χ1) is 4.22. The highest BCUT2D eigenvalue weighted by Crippen LogP contribution is 2.07. The molecule has 0 aromatic rings. The van der Waals surface area contributed by atoms with Gasteiger partial charge in [0.1, 0.15) is 0 Å². The number of carbonyl (C=O) groups excluding carboxylic acids is 1. The van der Waals surface area contributed by atoms with Gasteiger partial charge in [-0.05, 0) is 13.0 Å². The molecule has 0 radical (unpaired) electrons. The molecule has 9 heavy (non-hydrogen) atoms. The molecule has 0 aliphatic carbocycles. The molecule has 1 unspecified atom stereocenters. The summed E-state index contributed by atoms with van der Waals surface area (Å²) >= 11 is 4.78. The smallest absolute Gasteiger partial charge is 0.190 e. The zero-order valence-corrected chi connectivity index (χ0v) is 5.77. The van der Waals surface area contributed by atoms with Crippen LogP contribution >= 0.6 is 12.2 Å². The van der Waals surface area contributed by atoms with Gasteiger partial charge in [-0.2, -0.15) is 0 Å². The number of carbonyl (C=O) groups is 1. The molecule has 0 amide bonds. The molecule has 0 spiro atoms. The highest BCUT2D eigenvalue weighted by atomic mass is 32.1. The normalized spacial score (nSPS) is 24.1. The molecule has 1 rings (SSSR count). The van der Waals surface area contributed by atoms with Gasteiger partial charge < -0.3 is 4.74 Å². The van der Waals surface area contributed by atoms with Gasteiger partial charge in [0.25, 0.3) is 0 Å². The quantitative estimate of drug-likeness (QED) is 0.508. The summed E-state index contributed by atoms with van der Waals surface area (Å²) in [7, 11) is 0. The van der Waals surface area contributed by atoms with E-state index < -0.39 is 6.10 Å². The Morgan fingerprint density at radius 3 is 2.78 bits per heavy atom. The van der Waals surface area contributed by atoms with E-state index in [9.17, 15) is 4.79 Å². The second kappa shape index (κ2) is 2.27. The van der Waals surface area contributed by atoms with Crippen LogP contribution in [-0.4, -0.2) is 16.8 Å². The number of ether oxygens (including phenoxy) is 1. The maximum Gasteiger partial charge on any atom is 0.190 e. The van der Waals surface area contributed by atoms with Gasteiger partial charge in [-0.1, -0.05) is 12.2 Å². The lowest BCUT2D eigenvalue weighted by Gasteiger charge is -2.03. The summed E-state index contributed by atoms with van der Waals surface area (Å²) in [5.74, 6) is -0.0370. The molecule has 3 heteroatoms. The van der Waals surface area contributed by atoms with Crippen LogP contribution in [0, 0.1) is 0 Å². The van der Waals surface area contributed by atoms with Gasteiger partial charge >= 0.3 is 0 Å². The third-order valence-corrected chi connectivity index (χ3v) is 1.42. The molecule has 0 saturated heterocycles. The summed E-state index contributed by atoms with van der Waals surface area (Å²) in [6.07, 6.45) is 2.59. The Kier molecular flexibility index (Phi) is 1.62. The summed E-state index contributed by atoms with van der Waals surface area (Å²) in [6, 6.07) is 0. The Hall–Kier alpha value is -0.700. The summed E-state index contributed by atoms with van der Waals surface area (Å²) in [6.45, 7) is 1.46. The average Bonchev–Trinajstić information content (AvgIpc) is 2.13. The number of hydrogen-bond donors (Lipinski definition) is 0. The van der Waals surface area contributed by atoms with Crippen LogP contribution in [0.2, 0.25) is 0 Å². The van der Waals surface area contributed by atoms with Crippen molar-refractivity contribution in [2.75, 3.05) is 0 Å². The second-order valence-corrected chi connectivity index (χ2v) is 2.30. The van der Waals surface area contributed by atoms with Gasteiger partial charge in [-0.3, -0.25) is 4.79 Å². The second-order valence-electron chi connectivity index (χ2n) is 1.83. The Labute approximate surface area is 58.5 Å². The standard InChI is InChI=1S/C6H6O2S/c1-4(7)6-5(9)2-3-8-6/h2-3,6H,1H3. The molecule has 0 aromatic carbocycles. The Morgan fingerprint density at radius 2 is 2.56 bits per heavy atom. The van der Waals surface area contributed by atoms with E-state index in [4.69, 9.17) is 17.0 Å². The van der Waals surface area contributed by atoms with Crippen LogP contribution < -0.4 is 0 Å². The third-order valence-electron chi connectivity index (χ3n) is 1.07. The molecule has 1 atom stereocenters. The molecular formula is C6H6O2S. The van der Waals surface area contributed by atoms with Crippen molar-refractivity contribution in [1.29, 1.82) is 0 Å². The number of rotatable bonds is 1. The predicted molar refractivity (Wildman–Crippen MR) is 37.3 cm³/mol. The van der Waals surface area contributed by atoms with Crippen molar-refractivity contribution in [3.63, 3.8) is 0 Å². The van der Waals surface area contributed by atoms with E-state index in [1.807, 2.05) is 0 Å². The lowest BCUT2D eigenvalue weighted by Crippen LogP contribution is -2.22. The lowest BCUT2D eigenvalue weighted by molar-refractivity contribution is -0.121. The van der Waals surface area contributed by atoms with Gasteiger partial charge in [0.2, 0.25) is 0 Å². The van der Waals surface area contributed by atoms with Crippen molar-refractivity contribution in [3.8, 4) is 0 Å². The van der Waals surface area contributed by atoms with E-state index in [2.05, 4.69) is 0 Å². The van der Waals surface area contributed by atoms with Crippen LogP contribution in [-0.2, 0) is 9.53 Å². The van der Waals surface area contributed by atoms with Gasteiger partial charge in [0.05, 0.1) is 11.1 Å². The largest absolute Gasteiger partial charge is 0.485 e. The first kappa shape index (κ1) is 6.42. The fraction of sp³-hybridized carbons (Fsp3) is 0.333. The minimum Gasteiger partial charge on any atom is -0.485 e. The Bertz CT molecular complexity index is 183. The van der Waals surface area contributed by atoms with E-state index in [-0.39, 0.29) is 5.78 Å². The van der Waals surface area contributed by atoms with Crippen LogP contribution in [0.4, 0.5) is 0 Å². The van der Waals surface area contributed by atoms with Gasteiger partial charge in [0.15, 0.2) is 11.9 Å². The maximum absolute atomic E-state index is 10.6. The van der Waals surface area contributed by atoms with Gasteiger partial charge in [-0.15, -0.1) is 0 Å². The van der Waals surface area contributed by atoms with E-state index in [0.29, 0.717) is 4.86 Å². The van der Waals surface area contributed by atoms with Crippen LogP contribution in [0.25, 0.3) is 0 Å². The van der Waals surface area contributed by atoms with E-state index in [1.54, 1.807) is 6.08 Å². The van der Waals surface area contributed by atoms with E-state index in [0.717, 1.165) is 0 Å². The molecule has 0 bridgehead atoms. The van der Waals surface area contributed by atoms with Gasteiger partial charge in [-0.25, -0.2) is 0 Å². The summed E-state index contributed by atoms with van der Waals surface area (Å²) in [5, 5.41) is 0. The maximum atomic E-state index is 10.6. The van der Waals surface area contributed by atoms with Crippen molar-refractivity contribution < 1.29 is 9.53 Å². The highest BCUT2D eigenvalue weighted by Gasteiger charge is 2.21. The molecule has 1 aliphatic rings. The SMILES string of the molecule is CC(=O)C1OC=CC1=S. The Balaban J connectivity index is 2.66. The van der Waals surface area contributed by atoms with Gasteiger partial charge in [0, 0.05) is 0 Å². The average molecular weight is 142 g/mol. The molecule has 2 nitrogen and oxygen atoms in total. The van der Waals surface area contributed by atoms with Crippen LogP contribution in [0.5, 0.6) is 0 Å². The highest BCUT2D eigenvalue weighted by molar-refractivity contribution is 7.81. The molecule has 48 valence electrons. The van der Waals surface area contributed by atoms with Crippen molar-refractivity contribution in [2.24, 2.45) is 0 Å². The number of Topliss-reactive ketones (excluding diaryl/α,β-unsaturated/α-hetero) is 1. The lowest BCUT2D eigenvalue weighted by atomic mass is 10.2. The summed E-state index contributed by atoms with van der Waals surface area (Å²) in [5.41, 5.74) is 0. The van der Waals surface area contributed by atoms with Crippen molar-refractivity contribution in [2.45, 2.75) is 13.0 Å². The first-order valence-corrected chi connectivity index (χ1v) is 2.99.